The number of sulfonamides is 1. The molecule has 0 bridgehead atoms. The topological polar surface area (TPSA) is 66.4 Å². The Balaban J connectivity index is 2.18. The smallest absolute Gasteiger partial charge is 0.240 e. The van der Waals surface area contributed by atoms with Gasteiger partial charge in [-0.3, -0.25) is 0 Å². The molecule has 0 amide bonds. The highest BCUT2D eigenvalue weighted by molar-refractivity contribution is 7.89. The summed E-state index contributed by atoms with van der Waals surface area (Å²) in [6, 6.07) is 3.43. The molecule has 0 aromatic heterocycles. The zero-order valence-corrected chi connectivity index (χ0v) is 11.4. The van der Waals surface area contributed by atoms with Gasteiger partial charge in [0.25, 0.3) is 0 Å². The molecular weight excluding hydrogens is 269 g/mol. The van der Waals surface area contributed by atoms with Crippen molar-refractivity contribution in [3.05, 3.63) is 29.6 Å². The van der Waals surface area contributed by atoms with Crippen LogP contribution in [-0.4, -0.2) is 19.6 Å². The first kappa shape index (κ1) is 14.4. The number of benzene rings is 1. The molecule has 1 aromatic carbocycles. The molecule has 2 N–H and O–H groups in total. The molecule has 4 nitrogen and oxygen atoms in total. The van der Waals surface area contributed by atoms with Crippen LogP contribution in [-0.2, 0) is 16.6 Å². The van der Waals surface area contributed by atoms with Gasteiger partial charge in [0.05, 0.1) is 11.5 Å². The average molecular weight is 287 g/mol. The molecule has 0 spiro atoms. The molecule has 1 saturated carbocycles. The summed E-state index contributed by atoms with van der Waals surface area (Å²) < 4.78 is 40.2. The second-order valence-electron chi connectivity index (χ2n) is 4.87. The Labute approximate surface area is 112 Å². The lowest BCUT2D eigenvalue weighted by molar-refractivity contribution is 0.275. The van der Waals surface area contributed by atoms with Gasteiger partial charge in [0, 0.05) is 11.6 Å². The lowest BCUT2D eigenvalue weighted by atomic mass is 9.96. The summed E-state index contributed by atoms with van der Waals surface area (Å²) in [5.74, 6) is -0.598. The zero-order valence-electron chi connectivity index (χ0n) is 10.6. The first-order valence-corrected chi connectivity index (χ1v) is 7.93. The van der Waals surface area contributed by atoms with Crippen molar-refractivity contribution in [2.45, 2.75) is 49.6 Å². The molecule has 2 rings (SSSR count). The van der Waals surface area contributed by atoms with Crippen molar-refractivity contribution in [1.29, 1.82) is 0 Å². The fourth-order valence-corrected chi connectivity index (χ4v) is 3.70. The van der Waals surface area contributed by atoms with Crippen molar-refractivity contribution in [3.8, 4) is 0 Å². The second kappa shape index (κ2) is 5.98. The number of hydrogen-bond donors (Lipinski definition) is 2. The van der Waals surface area contributed by atoms with E-state index < -0.39 is 22.4 Å². The predicted octanol–water partition coefficient (Wildman–Crippen LogP) is 1.93. The lowest BCUT2D eigenvalue weighted by Crippen LogP contribution is -2.36. The molecule has 1 aliphatic carbocycles. The normalized spacial score (nSPS) is 17.6. The molecule has 0 unspecified atom stereocenters. The zero-order chi connectivity index (χ0) is 13.9. The van der Waals surface area contributed by atoms with Crippen LogP contribution in [0, 0.1) is 5.82 Å². The van der Waals surface area contributed by atoms with Crippen LogP contribution >= 0.6 is 0 Å². The molecule has 1 aliphatic rings. The summed E-state index contributed by atoms with van der Waals surface area (Å²) >= 11 is 0. The summed E-state index contributed by atoms with van der Waals surface area (Å²) in [7, 11) is -3.64. The number of aliphatic hydroxyl groups is 1. The van der Waals surface area contributed by atoms with Crippen LogP contribution in [0.5, 0.6) is 0 Å². The molecular formula is C13H18FNO3S. The minimum absolute atomic E-state index is 0.00326. The Bertz CT molecular complexity index is 539. The Morgan fingerprint density at radius 3 is 2.58 bits per heavy atom. The maximum absolute atomic E-state index is 13.2. The molecule has 0 radical (unpaired) electrons. The fraction of sp³-hybridized carbons (Fsp3) is 0.538. The van der Waals surface area contributed by atoms with Crippen LogP contribution in [0.2, 0.25) is 0 Å². The second-order valence-corrected chi connectivity index (χ2v) is 6.58. The van der Waals surface area contributed by atoms with Crippen molar-refractivity contribution in [3.63, 3.8) is 0 Å². The first-order chi connectivity index (χ1) is 9.03. The fourth-order valence-electron chi connectivity index (χ4n) is 2.35. The van der Waals surface area contributed by atoms with Gasteiger partial charge in [0.2, 0.25) is 10.0 Å². The third-order valence-electron chi connectivity index (χ3n) is 3.42. The van der Waals surface area contributed by atoms with Crippen molar-refractivity contribution < 1.29 is 17.9 Å². The highest BCUT2D eigenvalue weighted by atomic mass is 32.2. The van der Waals surface area contributed by atoms with E-state index in [9.17, 15) is 12.8 Å². The van der Waals surface area contributed by atoms with E-state index in [-0.39, 0.29) is 16.5 Å². The van der Waals surface area contributed by atoms with E-state index >= 15 is 0 Å². The van der Waals surface area contributed by atoms with Gasteiger partial charge in [-0.15, -0.1) is 0 Å². The van der Waals surface area contributed by atoms with Gasteiger partial charge >= 0.3 is 0 Å². The minimum Gasteiger partial charge on any atom is -0.392 e. The van der Waals surface area contributed by atoms with Gasteiger partial charge in [-0.2, -0.15) is 0 Å². The van der Waals surface area contributed by atoms with E-state index in [4.69, 9.17) is 5.11 Å². The van der Waals surface area contributed by atoms with Crippen molar-refractivity contribution in [1.82, 2.24) is 4.72 Å². The van der Waals surface area contributed by atoms with E-state index in [1.165, 1.54) is 12.1 Å². The SMILES string of the molecule is O=S(=O)(NC1CCCCC1)c1ccc(F)c(CO)c1. The standard InChI is InChI=1S/C13H18FNO3S/c14-13-7-6-12(8-10(13)9-16)19(17,18)15-11-4-2-1-3-5-11/h6-8,11,15-16H,1-5,9H2. The van der Waals surface area contributed by atoms with E-state index in [2.05, 4.69) is 4.72 Å². The molecule has 0 heterocycles. The monoisotopic (exact) mass is 287 g/mol. The van der Waals surface area contributed by atoms with Crippen LogP contribution in [0.4, 0.5) is 4.39 Å². The largest absolute Gasteiger partial charge is 0.392 e. The molecule has 0 saturated heterocycles. The minimum atomic E-state index is -3.64. The van der Waals surface area contributed by atoms with Crippen LogP contribution in [0.25, 0.3) is 0 Å². The Morgan fingerprint density at radius 2 is 1.95 bits per heavy atom. The average Bonchev–Trinajstić information content (AvgIpc) is 2.39. The molecule has 0 aliphatic heterocycles. The third-order valence-corrected chi connectivity index (χ3v) is 4.94. The summed E-state index contributed by atoms with van der Waals surface area (Å²) in [5, 5.41) is 8.97. The van der Waals surface area contributed by atoms with E-state index in [0.717, 1.165) is 38.2 Å². The summed E-state index contributed by atoms with van der Waals surface area (Å²) in [5.41, 5.74) is -0.00785. The molecule has 19 heavy (non-hydrogen) atoms. The van der Waals surface area contributed by atoms with Gasteiger partial charge in [0.1, 0.15) is 5.82 Å². The predicted molar refractivity (Wildman–Crippen MR) is 69.5 cm³/mol. The number of rotatable bonds is 4. The molecule has 6 heteroatoms. The molecule has 106 valence electrons. The van der Waals surface area contributed by atoms with E-state index in [1.54, 1.807) is 0 Å². The Hall–Kier alpha value is -0.980. The summed E-state index contributed by atoms with van der Waals surface area (Å²) in [4.78, 5) is 0.00326. The van der Waals surface area contributed by atoms with Crippen LogP contribution in [0.15, 0.2) is 23.1 Å². The van der Waals surface area contributed by atoms with Crippen LogP contribution < -0.4 is 4.72 Å². The molecule has 1 aromatic rings. The van der Waals surface area contributed by atoms with E-state index in [1.807, 2.05) is 0 Å². The molecule has 1 fully saturated rings. The van der Waals surface area contributed by atoms with E-state index in [0.29, 0.717) is 0 Å². The van der Waals surface area contributed by atoms with Gasteiger partial charge in [-0.05, 0) is 31.0 Å². The maximum atomic E-state index is 13.2. The molecule has 0 atom stereocenters. The number of halogens is 1. The number of hydrogen-bond acceptors (Lipinski definition) is 3. The van der Waals surface area contributed by atoms with Crippen LogP contribution in [0.1, 0.15) is 37.7 Å². The van der Waals surface area contributed by atoms with Crippen molar-refractivity contribution in [2.24, 2.45) is 0 Å². The van der Waals surface area contributed by atoms with Gasteiger partial charge < -0.3 is 5.11 Å². The van der Waals surface area contributed by atoms with Crippen molar-refractivity contribution >= 4 is 10.0 Å². The van der Waals surface area contributed by atoms with Crippen molar-refractivity contribution in [2.75, 3.05) is 0 Å². The van der Waals surface area contributed by atoms with Crippen LogP contribution in [0.3, 0.4) is 0 Å². The third kappa shape index (κ3) is 3.52. The Morgan fingerprint density at radius 1 is 1.26 bits per heavy atom. The summed E-state index contributed by atoms with van der Waals surface area (Å²) in [6.07, 6.45) is 4.88. The highest BCUT2D eigenvalue weighted by Crippen LogP contribution is 2.21. The lowest BCUT2D eigenvalue weighted by Gasteiger charge is -2.22. The van der Waals surface area contributed by atoms with Gasteiger partial charge in [-0.1, -0.05) is 19.3 Å². The maximum Gasteiger partial charge on any atom is 0.240 e. The van der Waals surface area contributed by atoms with Gasteiger partial charge in [0.15, 0.2) is 0 Å². The first-order valence-electron chi connectivity index (χ1n) is 6.44. The number of aliphatic hydroxyl groups excluding tert-OH is 1. The number of nitrogens with one attached hydrogen (secondary N) is 1. The summed E-state index contributed by atoms with van der Waals surface area (Å²) in [6.45, 7) is -0.515. The highest BCUT2D eigenvalue weighted by Gasteiger charge is 2.22. The van der Waals surface area contributed by atoms with Gasteiger partial charge in [-0.25, -0.2) is 17.5 Å². The quantitative estimate of drug-likeness (QED) is 0.889. The Kier molecular flexibility index (Phi) is 4.54.